The van der Waals surface area contributed by atoms with Crippen LogP contribution in [0.5, 0.6) is 5.75 Å². The number of nitrogens with zero attached hydrogens (tertiary/aromatic N) is 3. The van der Waals surface area contributed by atoms with Crippen molar-refractivity contribution < 1.29 is 23.9 Å². The highest BCUT2D eigenvalue weighted by molar-refractivity contribution is 6.43. The van der Waals surface area contributed by atoms with E-state index >= 15 is 0 Å². The van der Waals surface area contributed by atoms with Crippen LogP contribution in [0.25, 0.3) is 0 Å². The molecule has 4 rings (SSSR count). The summed E-state index contributed by atoms with van der Waals surface area (Å²) in [5.41, 5.74) is 7.85. The smallest absolute Gasteiger partial charge is 0.327 e. The predicted octanol–water partition coefficient (Wildman–Crippen LogP) is 2.83. The first-order valence-electron chi connectivity index (χ1n) is 13.5. The zero-order valence-corrected chi connectivity index (χ0v) is 23.9. The largest absolute Gasteiger partial charge is 0.494 e. The Bertz CT molecular complexity index is 1210. The number of ether oxygens (including phenoxy) is 2. The quantitative estimate of drug-likeness (QED) is 0.286. The number of carbonyl (C=O) groups is 3. The van der Waals surface area contributed by atoms with E-state index in [4.69, 9.17) is 38.4 Å². The summed E-state index contributed by atoms with van der Waals surface area (Å²) in [6.45, 7) is 4.52. The summed E-state index contributed by atoms with van der Waals surface area (Å²) in [5, 5.41) is 3.54. The molecule has 3 N–H and O–H groups in total. The molecule has 0 aromatic heterocycles. The number of piperazine rings is 1. The minimum atomic E-state index is -0.649. The summed E-state index contributed by atoms with van der Waals surface area (Å²) in [6.07, 6.45) is 2.84. The second kappa shape index (κ2) is 14.5. The van der Waals surface area contributed by atoms with Crippen LogP contribution in [0, 0.1) is 0 Å². The molecule has 0 unspecified atom stereocenters. The first-order valence-corrected chi connectivity index (χ1v) is 14.2. The third kappa shape index (κ3) is 8.00. The number of carbonyl (C=O) groups excluding carboxylic acids is 3. The number of hydrogen-bond acceptors (Lipinski definition) is 8. The summed E-state index contributed by atoms with van der Waals surface area (Å²) in [6, 6.07) is 11.4. The number of benzene rings is 2. The van der Waals surface area contributed by atoms with Gasteiger partial charge in [0, 0.05) is 38.7 Å². The van der Waals surface area contributed by atoms with Gasteiger partial charge in [-0.05, 0) is 49.6 Å². The van der Waals surface area contributed by atoms with Gasteiger partial charge in [-0.1, -0.05) is 35.3 Å². The SMILES string of the molecule is NCC(=O)NCC(=O)OCN1C(=O)CCc2ccc(OCCCCN3CCN(c4cccc(Cl)c4Cl)CC3)cc21. The highest BCUT2D eigenvalue weighted by atomic mass is 35.5. The molecule has 12 heteroatoms. The number of unbranched alkanes of at least 4 members (excludes halogenated alkanes) is 1. The molecule has 2 aromatic carbocycles. The van der Waals surface area contributed by atoms with Crippen molar-refractivity contribution in [2.24, 2.45) is 5.73 Å². The summed E-state index contributed by atoms with van der Waals surface area (Å²) >= 11 is 12.6. The average Bonchev–Trinajstić information content (AvgIpc) is 2.97. The molecule has 2 aliphatic rings. The molecule has 1 fully saturated rings. The number of anilines is 2. The van der Waals surface area contributed by atoms with Gasteiger partial charge in [-0.2, -0.15) is 0 Å². The molecular weight excluding hydrogens is 557 g/mol. The lowest BCUT2D eigenvalue weighted by Gasteiger charge is -2.36. The number of esters is 1. The number of nitrogens with two attached hydrogens (primary N) is 1. The fourth-order valence-corrected chi connectivity index (χ4v) is 5.17. The van der Waals surface area contributed by atoms with Crippen molar-refractivity contribution in [3.05, 3.63) is 52.0 Å². The van der Waals surface area contributed by atoms with E-state index in [0.29, 0.717) is 40.9 Å². The van der Waals surface area contributed by atoms with E-state index in [1.165, 1.54) is 4.90 Å². The zero-order valence-electron chi connectivity index (χ0n) is 22.4. The van der Waals surface area contributed by atoms with Crippen LogP contribution in [0.2, 0.25) is 10.0 Å². The highest BCUT2D eigenvalue weighted by Crippen LogP contribution is 2.33. The number of halogens is 2. The molecule has 2 heterocycles. The maximum absolute atomic E-state index is 12.6. The second-order valence-corrected chi connectivity index (χ2v) is 10.5. The van der Waals surface area contributed by atoms with Crippen LogP contribution in [0.15, 0.2) is 36.4 Å². The lowest BCUT2D eigenvalue weighted by atomic mass is 10.0. The first kappa shape index (κ1) is 29.9. The standard InChI is InChI=1S/C28H35Cl2N5O5/c29-22-4-3-5-23(28(22)30)34-13-11-33(12-14-34)10-1-2-15-39-21-8-6-20-7-9-26(37)35(24(20)16-21)19-40-27(38)18-32-25(36)17-31/h3-6,8,16H,1-2,7,9-15,17-19,31H2,(H,32,36). The third-order valence-electron chi connectivity index (χ3n) is 7.01. The fourth-order valence-electron chi connectivity index (χ4n) is 4.76. The third-order valence-corrected chi connectivity index (χ3v) is 7.82. The lowest BCUT2D eigenvalue weighted by Crippen LogP contribution is -2.46. The number of rotatable bonds is 12. The predicted molar refractivity (Wildman–Crippen MR) is 155 cm³/mol. The number of nitrogens with one attached hydrogen (secondary N) is 1. The topological polar surface area (TPSA) is 117 Å². The van der Waals surface area contributed by atoms with Crippen LogP contribution in [0.1, 0.15) is 24.8 Å². The molecule has 0 radical (unpaired) electrons. The van der Waals surface area contributed by atoms with Gasteiger partial charge in [0.05, 0.1) is 34.6 Å². The summed E-state index contributed by atoms with van der Waals surface area (Å²) < 4.78 is 11.2. The van der Waals surface area contributed by atoms with Crippen molar-refractivity contribution in [2.45, 2.75) is 25.7 Å². The maximum Gasteiger partial charge on any atom is 0.327 e. The van der Waals surface area contributed by atoms with Crippen molar-refractivity contribution in [1.29, 1.82) is 0 Å². The average molecular weight is 593 g/mol. The monoisotopic (exact) mass is 591 g/mol. The van der Waals surface area contributed by atoms with Gasteiger partial charge in [0.2, 0.25) is 11.8 Å². The minimum absolute atomic E-state index is 0.138. The molecule has 0 atom stereocenters. The van der Waals surface area contributed by atoms with Gasteiger partial charge in [0.25, 0.3) is 0 Å². The summed E-state index contributed by atoms with van der Waals surface area (Å²) in [7, 11) is 0. The minimum Gasteiger partial charge on any atom is -0.494 e. The molecule has 40 heavy (non-hydrogen) atoms. The molecule has 2 amide bonds. The number of aryl methyl sites for hydroxylation is 1. The van der Waals surface area contributed by atoms with Crippen molar-refractivity contribution >= 4 is 52.4 Å². The summed E-state index contributed by atoms with van der Waals surface area (Å²) in [4.78, 5) is 41.9. The Kier molecular flexibility index (Phi) is 10.9. The highest BCUT2D eigenvalue weighted by Gasteiger charge is 2.26. The number of amides is 2. The molecule has 0 spiro atoms. The molecule has 0 aliphatic carbocycles. The summed E-state index contributed by atoms with van der Waals surface area (Å²) in [5.74, 6) is -0.586. The Labute approximate surface area is 244 Å². The zero-order chi connectivity index (χ0) is 28.5. The molecule has 2 aliphatic heterocycles. The van der Waals surface area contributed by atoms with Crippen LogP contribution in [-0.2, 0) is 25.5 Å². The maximum atomic E-state index is 12.6. The first-order chi connectivity index (χ1) is 19.4. The van der Waals surface area contributed by atoms with E-state index in [-0.39, 0.29) is 25.7 Å². The van der Waals surface area contributed by atoms with Gasteiger partial charge in [-0.15, -0.1) is 0 Å². The molecule has 2 aromatic rings. The molecule has 216 valence electrons. The van der Waals surface area contributed by atoms with Crippen molar-refractivity contribution in [3.63, 3.8) is 0 Å². The van der Waals surface area contributed by atoms with Gasteiger partial charge in [-0.3, -0.25) is 24.2 Å². The van der Waals surface area contributed by atoms with E-state index in [0.717, 1.165) is 56.8 Å². The van der Waals surface area contributed by atoms with Gasteiger partial charge in [-0.25, -0.2) is 0 Å². The number of hydrogen-bond donors (Lipinski definition) is 2. The fraction of sp³-hybridized carbons (Fsp3) is 0.464. The van der Waals surface area contributed by atoms with Crippen molar-refractivity contribution in [3.8, 4) is 5.75 Å². The van der Waals surface area contributed by atoms with Gasteiger partial charge < -0.3 is 25.4 Å². The Morgan fingerprint density at radius 3 is 2.58 bits per heavy atom. The van der Waals surface area contributed by atoms with Crippen molar-refractivity contribution in [2.75, 3.05) is 69.0 Å². The number of fused-ring (bicyclic) bond motifs is 1. The molecule has 0 saturated carbocycles. The Morgan fingerprint density at radius 1 is 1.00 bits per heavy atom. The Hall–Kier alpha value is -3.05. The lowest BCUT2D eigenvalue weighted by molar-refractivity contribution is -0.144. The Morgan fingerprint density at radius 2 is 1.80 bits per heavy atom. The van der Waals surface area contributed by atoms with E-state index < -0.39 is 11.9 Å². The molecule has 0 bridgehead atoms. The normalized spacial score (nSPS) is 15.5. The van der Waals surface area contributed by atoms with Crippen molar-refractivity contribution in [1.82, 2.24) is 10.2 Å². The van der Waals surface area contributed by atoms with E-state index in [2.05, 4.69) is 15.1 Å². The van der Waals surface area contributed by atoms with Gasteiger partial charge >= 0.3 is 5.97 Å². The van der Waals surface area contributed by atoms with Crippen LogP contribution >= 0.6 is 23.2 Å². The van der Waals surface area contributed by atoms with Crippen LogP contribution in [0.3, 0.4) is 0 Å². The molecule has 1 saturated heterocycles. The van der Waals surface area contributed by atoms with Gasteiger partial charge in [0.15, 0.2) is 6.73 Å². The van der Waals surface area contributed by atoms with E-state index in [9.17, 15) is 14.4 Å². The van der Waals surface area contributed by atoms with Crippen LogP contribution < -0.4 is 25.6 Å². The second-order valence-electron chi connectivity index (χ2n) is 9.70. The molecular formula is C28H35Cl2N5O5. The molecule has 10 nitrogen and oxygen atoms in total. The van der Waals surface area contributed by atoms with E-state index in [1.54, 1.807) is 6.07 Å². The van der Waals surface area contributed by atoms with Crippen LogP contribution in [0.4, 0.5) is 11.4 Å². The Balaban J connectivity index is 1.19. The van der Waals surface area contributed by atoms with Gasteiger partial charge in [0.1, 0.15) is 12.3 Å². The van der Waals surface area contributed by atoms with Crippen LogP contribution in [-0.4, -0.2) is 81.8 Å². The van der Waals surface area contributed by atoms with E-state index in [1.807, 2.05) is 30.3 Å².